The first-order valence-corrected chi connectivity index (χ1v) is 7.39. The van der Waals surface area contributed by atoms with E-state index in [1.165, 1.54) is 18.4 Å². The standard InChI is InChI=1S/C16H27N3/c1-5-16(2,3)19(4)12-15-7-6-13(11-18-15)10-17-14-8-9-14/h6-7,11,14,17H,5,8-10,12H2,1-4H3. The largest absolute Gasteiger partial charge is 0.310 e. The molecule has 2 rings (SSSR count). The molecule has 106 valence electrons. The Morgan fingerprint density at radius 2 is 2.11 bits per heavy atom. The highest BCUT2D eigenvalue weighted by Crippen LogP contribution is 2.20. The summed E-state index contributed by atoms with van der Waals surface area (Å²) in [4.78, 5) is 6.96. The minimum Gasteiger partial charge on any atom is -0.310 e. The molecule has 1 aromatic rings. The van der Waals surface area contributed by atoms with Crippen LogP contribution in [0.2, 0.25) is 0 Å². The molecule has 1 aromatic heterocycles. The van der Waals surface area contributed by atoms with E-state index in [1.807, 2.05) is 6.20 Å². The van der Waals surface area contributed by atoms with Gasteiger partial charge in [0, 0.05) is 30.9 Å². The van der Waals surface area contributed by atoms with E-state index in [-0.39, 0.29) is 5.54 Å². The van der Waals surface area contributed by atoms with E-state index < -0.39 is 0 Å². The summed E-state index contributed by atoms with van der Waals surface area (Å²) in [6.07, 6.45) is 5.83. The van der Waals surface area contributed by atoms with E-state index >= 15 is 0 Å². The van der Waals surface area contributed by atoms with Gasteiger partial charge in [0.2, 0.25) is 0 Å². The lowest BCUT2D eigenvalue weighted by molar-refractivity contribution is 0.141. The Morgan fingerprint density at radius 1 is 1.37 bits per heavy atom. The maximum absolute atomic E-state index is 4.58. The Hall–Kier alpha value is -0.930. The van der Waals surface area contributed by atoms with Gasteiger partial charge in [-0.2, -0.15) is 0 Å². The number of nitrogens with zero attached hydrogens (tertiary/aromatic N) is 2. The molecule has 19 heavy (non-hydrogen) atoms. The predicted octanol–water partition coefficient (Wildman–Crippen LogP) is 2.95. The average molecular weight is 261 g/mol. The molecule has 1 N–H and O–H groups in total. The van der Waals surface area contributed by atoms with Gasteiger partial charge in [-0.05, 0) is 51.8 Å². The highest BCUT2D eigenvalue weighted by atomic mass is 15.2. The Labute approximate surface area is 117 Å². The van der Waals surface area contributed by atoms with Crippen molar-refractivity contribution in [1.29, 1.82) is 0 Å². The molecule has 0 unspecified atom stereocenters. The number of hydrogen-bond acceptors (Lipinski definition) is 3. The van der Waals surface area contributed by atoms with Crippen LogP contribution in [0.3, 0.4) is 0 Å². The fraction of sp³-hybridized carbons (Fsp3) is 0.688. The molecule has 1 heterocycles. The number of pyridine rings is 1. The van der Waals surface area contributed by atoms with Crippen LogP contribution in [0.1, 0.15) is 51.3 Å². The average Bonchev–Trinajstić information content (AvgIpc) is 3.22. The summed E-state index contributed by atoms with van der Waals surface area (Å²) in [5, 5.41) is 3.52. The zero-order valence-electron chi connectivity index (χ0n) is 12.7. The van der Waals surface area contributed by atoms with Gasteiger partial charge in [-0.15, -0.1) is 0 Å². The summed E-state index contributed by atoms with van der Waals surface area (Å²) in [5.41, 5.74) is 2.67. The van der Waals surface area contributed by atoms with Crippen LogP contribution in [-0.2, 0) is 13.1 Å². The van der Waals surface area contributed by atoms with Gasteiger partial charge in [0.05, 0.1) is 5.69 Å². The van der Waals surface area contributed by atoms with Gasteiger partial charge < -0.3 is 5.32 Å². The van der Waals surface area contributed by atoms with Crippen LogP contribution < -0.4 is 5.32 Å². The van der Waals surface area contributed by atoms with Crippen molar-refractivity contribution in [3.63, 3.8) is 0 Å². The highest BCUT2D eigenvalue weighted by Gasteiger charge is 2.21. The Morgan fingerprint density at radius 3 is 2.63 bits per heavy atom. The first kappa shape index (κ1) is 14.5. The molecule has 0 aromatic carbocycles. The van der Waals surface area contributed by atoms with Gasteiger partial charge in [0.1, 0.15) is 0 Å². The molecule has 0 atom stereocenters. The summed E-state index contributed by atoms with van der Waals surface area (Å²) in [6.45, 7) is 8.66. The Bertz CT molecular complexity index is 393. The fourth-order valence-corrected chi connectivity index (χ4v) is 1.93. The second-order valence-corrected chi connectivity index (χ2v) is 6.34. The molecule has 0 aliphatic heterocycles. The lowest BCUT2D eigenvalue weighted by Crippen LogP contribution is -2.39. The minimum absolute atomic E-state index is 0.230. The van der Waals surface area contributed by atoms with Crippen LogP contribution in [-0.4, -0.2) is 28.5 Å². The lowest BCUT2D eigenvalue weighted by Gasteiger charge is -2.34. The van der Waals surface area contributed by atoms with Gasteiger partial charge in [-0.1, -0.05) is 13.0 Å². The summed E-state index contributed by atoms with van der Waals surface area (Å²) in [7, 11) is 2.17. The quantitative estimate of drug-likeness (QED) is 0.818. The van der Waals surface area contributed by atoms with Crippen molar-refractivity contribution in [2.75, 3.05) is 7.05 Å². The van der Waals surface area contributed by atoms with Crippen LogP contribution >= 0.6 is 0 Å². The van der Waals surface area contributed by atoms with Gasteiger partial charge in [-0.25, -0.2) is 0 Å². The van der Waals surface area contributed by atoms with Crippen molar-refractivity contribution in [2.45, 2.75) is 64.7 Å². The molecule has 0 bridgehead atoms. The zero-order valence-corrected chi connectivity index (χ0v) is 12.7. The van der Waals surface area contributed by atoms with Crippen molar-refractivity contribution in [3.8, 4) is 0 Å². The van der Waals surface area contributed by atoms with E-state index in [2.05, 4.69) is 55.2 Å². The lowest BCUT2D eigenvalue weighted by atomic mass is 10.00. The normalized spacial score (nSPS) is 16.1. The summed E-state index contributed by atoms with van der Waals surface area (Å²) in [5.74, 6) is 0. The molecule has 0 radical (unpaired) electrons. The Kier molecular flexibility index (Phi) is 4.58. The summed E-state index contributed by atoms with van der Waals surface area (Å²) >= 11 is 0. The molecule has 0 saturated heterocycles. The fourth-order valence-electron chi connectivity index (χ4n) is 1.93. The molecular formula is C16H27N3. The van der Waals surface area contributed by atoms with E-state index in [0.717, 1.165) is 31.2 Å². The van der Waals surface area contributed by atoms with Crippen LogP contribution in [0.5, 0.6) is 0 Å². The molecule has 3 heteroatoms. The number of nitrogens with one attached hydrogen (secondary N) is 1. The highest BCUT2D eigenvalue weighted by molar-refractivity contribution is 5.14. The molecule has 1 aliphatic rings. The van der Waals surface area contributed by atoms with Gasteiger partial charge in [0.15, 0.2) is 0 Å². The predicted molar refractivity (Wildman–Crippen MR) is 79.9 cm³/mol. The molecule has 1 fully saturated rings. The van der Waals surface area contributed by atoms with Gasteiger partial charge in [-0.3, -0.25) is 9.88 Å². The molecule has 1 aliphatic carbocycles. The molecule has 0 amide bonds. The van der Waals surface area contributed by atoms with Crippen molar-refractivity contribution in [2.24, 2.45) is 0 Å². The maximum Gasteiger partial charge on any atom is 0.0544 e. The second-order valence-electron chi connectivity index (χ2n) is 6.34. The van der Waals surface area contributed by atoms with Crippen LogP contribution in [0.4, 0.5) is 0 Å². The second kappa shape index (κ2) is 6.02. The summed E-state index contributed by atoms with van der Waals surface area (Å²) in [6, 6.07) is 5.12. The van der Waals surface area contributed by atoms with Crippen molar-refractivity contribution in [3.05, 3.63) is 29.6 Å². The Balaban J connectivity index is 1.86. The molecule has 0 spiro atoms. The number of rotatable bonds is 7. The van der Waals surface area contributed by atoms with E-state index in [4.69, 9.17) is 0 Å². The SMILES string of the molecule is CCC(C)(C)N(C)Cc1ccc(CNC2CC2)cn1. The third-order valence-electron chi connectivity index (χ3n) is 4.36. The van der Waals surface area contributed by atoms with E-state index in [1.54, 1.807) is 0 Å². The summed E-state index contributed by atoms with van der Waals surface area (Å²) < 4.78 is 0. The number of hydrogen-bond donors (Lipinski definition) is 1. The zero-order chi connectivity index (χ0) is 13.9. The molecule has 3 nitrogen and oxygen atoms in total. The van der Waals surface area contributed by atoms with Crippen molar-refractivity contribution in [1.82, 2.24) is 15.2 Å². The third kappa shape index (κ3) is 4.29. The van der Waals surface area contributed by atoms with Crippen LogP contribution in [0.25, 0.3) is 0 Å². The van der Waals surface area contributed by atoms with E-state index in [0.29, 0.717) is 0 Å². The molecular weight excluding hydrogens is 234 g/mol. The van der Waals surface area contributed by atoms with Crippen molar-refractivity contribution >= 4 is 0 Å². The monoisotopic (exact) mass is 261 g/mol. The number of aromatic nitrogens is 1. The first-order chi connectivity index (χ1) is 9.01. The van der Waals surface area contributed by atoms with Gasteiger partial charge in [0.25, 0.3) is 0 Å². The minimum atomic E-state index is 0.230. The molecule has 1 saturated carbocycles. The topological polar surface area (TPSA) is 28.2 Å². The van der Waals surface area contributed by atoms with Crippen LogP contribution in [0, 0.1) is 0 Å². The maximum atomic E-state index is 4.58. The third-order valence-corrected chi connectivity index (χ3v) is 4.36. The van der Waals surface area contributed by atoms with Crippen molar-refractivity contribution < 1.29 is 0 Å². The van der Waals surface area contributed by atoms with Gasteiger partial charge >= 0.3 is 0 Å². The smallest absolute Gasteiger partial charge is 0.0544 e. The van der Waals surface area contributed by atoms with Crippen LogP contribution in [0.15, 0.2) is 18.3 Å². The first-order valence-electron chi connectivity index (χ1n) is 7.39. The van der Waals surface area contributed by atoms with E-state index in [9.17, 15) is 0 Å².